The van der Waals surface area contributed by atoms with Crippen molar-refractivity contribution in [2.45, 2.75) is 24.7 Å². The van der Waals surface area contributed by atoms with Crippen molar-refractivity contribution >= 4 is 55.8 Å². The molecule has 0 atom stereocenters. The maximum absolute atomic E-state index is 12.9. The zero-order valence-corrected chi connectivity index (χ0v) is 20.5. The van der Waals surface area contributed by atoms with Crippen molar-refractivity contribution in [2.75, 3.05) is 18.4 Å². The van der Waals surface area contributed by atoms with E-state index in [2.05, 4.69) is 17.6 Å². The van der Waals surface area contributed by atoms with Crippen molar-refractivity contribution in [2.24, 2.45) is 5.92 Å². The number of carbonyl (C=O) groups excluding carboxylic acids is 1. The number of hydrogen-bond acceptors (Lipinski definition) is 4. The molecule has 1 saturated heterocycles. The van der Waals surface area contributed by atoms with Gasteiger partial charge in [0.1, 0.15) is 0 Å². The minimum absolute atomic E-state index is 0.133. The third-order valence-corrected chi connectivity index (χ3v) is 8.08. The van der Waals surface area contributed by atoms with E-state index in [-0.39, 0.29) is 15.9 Å². The van der Waals surface area contributed by atoms with E-state index >= 15 is 0 Å². The Morgan fingerprint density at radius 3 is 2.41 bits per heavy atom. The Morgan fingerprint density at radius 1 is 1.00 bits per heavy atom. The van der Waals surface area contributed by atoms with E-state index < -0.39 is 10.0 Å². The highest BCUT2D eigenvalue weighted by atomic mass is 32.2. The number of carbonyl (C=O) groups is 1. The number of fused-ring (bicyclic) bond motifs is 1. The van der Waals surface area contributed by atoms with Crippen molar-refractivity contribution in [3.8, 4) is 0 Å². The summed E-state index contributed by atoms with van der Waals surface area (Å²) in [5, 5.41) is 7.83. The lowest BCUT2D eigenvalue weighted by Crippen LogP contribution is -2.37. The van der Waals surface area contributed by atoms with Gasteiger partial charge in [0.05, 0.1) is 4.90 Å². The molecule has 0 spiro atoms. The number of nitrogens with zero attached hydrogens (tertiary/aromatic N) is 1. The predicted molar refractivity (Wildman–Crippen MR) is 141 cm³/mol. The van der Waals surface area contributed by atoms with Gasteiger partial charge in [-0.05, 0) is 77.7 Å². The number of rotatable bonds is 5. The Bertz CT molecular complexity index is 1320. The molecule has 8 heteroatoms. The lowest BCUT2D eigenvalue weighted by Gasteiger charge is -2.29. The monoisotopic (exact) mass is 493 g/mol. The molecule has 0 unspecified atom stereocenters. The highest BCUT2D eigenvalue weighted by Gasteiger charge is 2.27. The second kappa shape index (κ2) is 10.5. The summed E-state index contributed by atoms with van der Waals surface area (Å²) in [6, 6.07) is 20.3. The second-order valence-corrected chi connectivity index (χ2v) is 10.8. The van der Waals surface area contributed by atoms with Crippen LogP contribution in [0.25, 0.3) is 16.8 Å². The summed E-state index contributed by atoms with van der Waals surface area (Å²) in [5.41, 5.74) is 1.53. The molecule has 3 aromatic carbocycles. The van der Waals surface area contributed by atoms with Crippen molar-refractivity contribution in [1.29, 1.82) is 0 Å². The van der Waals surface area contributed by atoms with Crippen molar-refractivity contribution in [3.63, 3.8) is 0 Å². The first-order valence-corrected chi connectivity index (χ1v) is 13.1. The van der Waals surface area contributed by atoms with Crippen LogP contribution in [-0.2, 0) is 14.8 Å². The molecule has 1 aliphatic rings. The van der Waals surface area contributed by atoms with E-state index in [4.69, 9.17) is 12.2 Å². The number of sulfonamides is 1. The van der Waals surface area contributed by atoms with Crippen LogP contribution in [0.15, 0.2) is 77.7 Å². The van der Waals surface area contributed by atoms with Gasteiger partial charge in [0.25, 0.3) is 0 Å². The third kappa shape index (κ3) is 5.70. The average molecular weight is 494 g/mol. The summed E-state index contributed by atoms with van der Waals surface area (Å²) in [4.78, 5) is 12.6. The summed E-state index contributed by atoms with van der Waals surface area (Å²) >= 11 is 5.24. The van der Waals surface area contributed by atoms with E-state index in [9.17, 15) is 13.2 Å². The Balaban J connectivity index is 1.34. The predicted octanol–water partition coefficient (Wildman–Crippen LogP) is 4.79. The van der Waals surface area contributed by atoms with E-state index in [1.807, 2.05) is 42.5 Å². The van der Waals surface area contributed by atoms with E-state index in [1.165, 1.54) is 6.08 Å². The number of thiocarbonyl (C=S) groups is 1. The number of hydrogen-bond donors (Lipinski definition) is 2. The summed E-state index contributed by atoms with van der Waals surface area (Å²) < 4.78 is 27.3. The van der Waals surface area contributed by atoms with Gasteiger partial charge < -0.3 is 5.32 Å². The van der Waals surface area contributed by atoms with Crippen molar-refractivity contribution in [3.05, 3.63) is 78.4 Å². The minimum atomic E-state index is -3.51. The van der Waals surface area contributed by atoms with Crippen LogP contribution < -0.4 is 10.6 Å². The van der Waals surface area contributed by atoms with Crippen molar-refractivity contribution in [1.82, 2.24) is 9.62 Å². The average Bonchev–Trinajstić information content (AvgIpc) is 2.83. The summed E-state index contributed by atoms with van der Waals surface area (Å²) in [7, 11) is -3.51. The highest BCUT2D eigenvalue weighted by molar-refractivity contribution is 7.89. The van der Waals surface area contributed by atoms with Gasteiger partial charge in [0.2, 0.25) is 15.9 Å². The first kappa shape index (κ1) is 24.1. The zero-order chi connectivity index (χ0) is 24.1. The molecular weight excluding hydrogens is 466 g/mol. The Labute approximate surface area is 205 Å². The Hall–Kier alpha value is -3.07. The highest BCUT2D eigenvalue weighted by Crippen LogP contribution is 2.24. The Morgan fingerprint density at radius 2 is 1.68 bits per heavy atom. The number of amides is 1. The second-order valence-electron chi connectivity index (χ2n) is 8.46. The van der Waals surface area contributed by atoms with Gasteiger partial charge in [-0.2, -0.15) is 4.31 Å². The van der Waals surface area contributed by atoms with Crippen LogP contribution in [0.2, 0.25) is 0 Å². The molecule has 1 amide bonds. The minimum Gasteiger partial charge on any atom is -0.332 e. The molecule has 0 aromatic heterocycles. The van der Waals surface area contributed by atoms with Gasteiger partial charge >= 0.3 is 0 Å². The van der Waals surface area contributed by atoms with Crippen LogP contribution >= 0.6 is 12.2 Å². The molecular formula is C26H27N3O3S2. The van der Waals surface area contributed by atoms with Gasteiger partial charge in [-0.15, -0.1) is 0 Å². The fraction of sp³-hybridized carbons (Fsp3) is 0.231. The maximum atomic E-state index is 12.9. The Kier molecular flexibility index (Phi) is 7.41. The number of benzene rings is 3. The van der Waals surface area contributed by atoms with E-state index in [1.54, 1.807) is 34.6 Å². The zero-order valence-electron chi connectivity index (χ0n) is 18.9. The van der Waals surface area contributed by atoms with Crippen LogP contribution in [0.1, 0.15) is 25.3 Å². The summed E-state index contributed by atoms with van der Waals surface area (Å²) in [6.45, 7) is 3.24. The molecule has 1 fully saturated rings. The van der Waals surface area contributed by atoms with Gasteiger partial charge in [0.15, 0.2) is 5.11 Å². The van der Waals surface area contributed by atoms with Crippen LogP contribution in [0.4, 0.5) is 5.69 Å². The van der Waals surface area contributed by atoms with Gasteiger partial charge in [-0.25, -0.2) is 8.42 Å². The fourth-order valence-corrected chi connectivity index (χ4v) is 5.65. The molecule has 0 saturated carbocycles. The van der Waals surface area contributed by atoms with Gasteiger partial charge in [-0.3, -0.25) is 10.1 Å². The topological polar surface area (TPSA) is 78.5 Å². The lowest BCUT2D eigenvalue weighted by molar-refractivity contribution is -0.115. The first-order valence-electron chi connectivity index (χ1n) is 11.2. The van der Waals surface area contributed by atoms with Crippen molar-refractivity contribution < 1.29 is 13.2 Å². The smallest absolute Gasteiger partial charge is 0.250 e. The molecule has 0 aliphatic carbocycles. The molecule has 0 bridgehead atoms. The molecule has 3 aromatic rings. The van der Waals surface area contributed by atoms with Crippen LogP contribution in [0.3, 0.4) is 0 Å². The lowest BCUT2D eigenvalue weighted by atomic mass is 10.0. The van der Waals surface area contributed by atoms with Gasteiger partial charge in [-0.1, -0.05) is 49.4 Å². The molecule has 0 radical (unpaired) electrons. The molecule has 6 nitrogen and oxygen atoms in total. The molecule has 4 rings (SSSR count). The normalized spacial score (nSPS) is 15.4. The number of piperidine rings is 1. The third-order valence-electron chi connectivity index (χ3n) is 5.97. The quantitative estimate of drug-likeness (QED) is 0.395. The fourth-order valence-electron chi connectivity index (χ4n) is 3.96. The maximum Gasteiger partial charge on any atom is 0.250 e. The van der Waals surface area contributed by atoms with E-state index in [0.29, 0.717) is 24.7 Å². The SMILES string of the molecule is CC1CCN(S(=O)(=O)c2ccc(NC(=S)NC(=O)C=Cc3cccc4ccccc34)cc2)CC1. The molecule has 176 valence electrons. The molecule has 1 aliphatic heterocycles. The largest absolute Gasteiger partial charge is 0.332 e. The first-order chi connectivity index (χ1) is 16.3. The number of nitrogens with one attached hydrogen (secondary N) is 2. The van der Waals surface area contributed by atoms with Crippen LogP contribution in [0.5, 0.6) is 0 Å². The molecule has 1 heterocycles. The van der Waals surface area contributed by atoms with Crippen LogP contribution in [0, 0.1) is 5.92 Å². The molecule has 2 N–H and O–H groups in total. The standard InChI is InChI=1S/C26H27N3O3S2/c1-19-15-17-29(18-16-19)34(31,32)23-12-10-22(11-13-23)27-26(33)28-25(30)14-9-21-7-4-6-20-5-2-3-8-24(20)21/h2-14,19H,15-18H2,1H3,(H2,27,28,30,33). The summed E-state index contributed by atoms with van der Waals surface area (Å²) in [6.07, 6.45) is 4.94. The van der Waals surface area contributed by atoms with E-state index in [0.717, 1.165) is 29.2 Å². The number of anilines is 1. The summed E-state index contributed by atoms with van der Waals surface area (Å²) in [5.74, 6) is 0.195. The molecule has 34 heavy (non-hydrogen) atoms. The van der Waals surface area contributed by atoms with Gasteiger partial charge in [0, 0.05) is 24.9 Å². The van der Waals surface area contributed by atoms with Crippen LogP contribution in [-0.4, -0.2) is 36.8 Å².